The Kier molecular flexibility index (Phi) is 9.35. The topological polar surface area (TPSA) is 35.6 Å². The van der Waals surface area contributed by atoms with Crippen molar-refractivity contribution in [1.82, 2.24) is 19.1 Å². The molecule has 0 N–H and O–H groups in total. The van der Waals surface area contributed by atoms with Crippen molar-refractivity contribution in [1.29, 1.82) is 0 Å². The average Bonchev–Trinajstić information content (AvgIpc) is 3.87. The minimum Gasteiger partial charge on any atom is -0.309 e. The number of aryl methyl sites for hydroxylation is 4. The molecule has 12 rings (SSSR count). The Bertz CT molecular complexity index is 3730. The summed E-state index contributed by atoms with van der Waals surface area (Å²) in [7, 11) is 0. The lowest BCUT2D eigenvalue weighted by Gasteiger charge is -2.16. The van der Waals surface area contributed by atoms with E-state index in [9.17, 15) is 0 Å². The first-order valence-corrected chi connectivity index (χ1v) is 22.7. The molecule has 0 saturated heterocycles. The third-order valence-corrected chi connectivity index (χ3v) is 13.3. The van der Waals surface area contributed by atoms with Gasteiger partial charge in [0.2, 0.25) is 0 Å². The van der Waals surface area contributed by atoms with Gasteiger partial charge in [-0.15, -0.1) is 0 Å². The van der Waals surface area contributed by atoms with Gasteiger partial charge in [0.1, 0.15) is 0 Å². The summed E-state index contributed by atoms with van der Waals surface area (Å²) in [5.74, 6) is 0.728. The first-order chi connectivity index (χ1) is 32.3. The van der Waals surface area contributed by atoms with Gasteiger partial charge < -0.3 is 9.13 Å². The number of rotatable bonds is 7. The molecule has 314 valence electrons. The predicted molar refractivity (Wildman–Crippen MR) is 277 cm³/mol. The fraction of sp³-hybridized carbons (Fsp3) is 0.0645. The zero-order valence-electron chi connectivity index (χ0n) is 37.4. The normalized spacial score (nSPS) is 11.6. The maximum absolute atomic E-state index is 5.10. The Morgan fingerprint density at radius 3 is 1.44 bits per heavy atom. The molecule has 0 radical (unpaired) electrons. The molecule has 66 heavy (non-hydrogen) atoms. The minimum absolute atomic E-state index is 0.728. The summed E-state index contributed by atoms with van der Waals surface area (Å²) in [6, 6.07) is 74.8. The molecule has 3 aromatic heterocycles. The average molecular weight is 847 g/mol. The summed E-state index contributed by atoms with van der Waals surface area (Å²) in [5, 5.41) is 5.03. The van der Waals surface area contributed by atoms with Crippen molar-refractivity contribution in [2.45, 2.75) is 27.7 Å². The maximum atomic E-state index is 5.10. The number of benzene rings is 9. The molecule has 0 aliphatic rings. The van der Waals surface area contributed by atoms with Gasteiger partial charge in [-0.05, 0) is 128 Å². The molecule has 0 atom stereocenters. The van der Waals surface area contributed by atoms with Crippen molar-refractivity contribution in [3.8, 4) is 67.5 Å². The van der Waals surface area contributed by atoms with E-state index in [0.29, 0.717) is 0 Å². The van der Waals surface area contributed by atoms with E-state index in [0.717, 1.165) is 45.2 Å². The molecule has 0 spiro atoms. The first-order valence-electron chi connectivity index (χ1n) is 22.7. The van der Waals surface area contributed by atoms with Crippen molar-refractivity contribution >= 4 is 43.6 Å². The number of fused-ring (bicyclic) bond motifs is 6. The third kappa shape index (κ3) is 6.69. The smallest absolute Gasteiger partial charge is 0.160 e. The van der Waals surface area contributed by atoms with Crippen molar-refractivity contribution in [3.63, 3.8) is 0 Å². The highest BCUT2D eigenvalue weighted by molar-refractivity contribution is 6.12. The highest BCUT2D eigenvalue weighted by Gasteiger charge is 2.19. The van der Waals surface area contributed by atoms with Crippen molar-refractivity contribution in [2.24, 2.45) is 0 Å². The van der Waals surface area contributed by atoms with Crippen molar-refractivity contribution < 1.29 is 0 Å². The van der Waals surface area contributed by atoms with E-state index >= 15 is 0 Å². The van der Waals surface area contributed by atoms with Crippen LogP contribution in [0.15, 0.2) is 206 Å². The van der Waals surface area contributed by atoms with Gasteiger partial charge in [-0.2, -0.15) is 0 Å². The van der Waals surface area contributed by atoms with Crippen molar-refractivity contribution in [3.05, 3.63) is 229 Å². The number of aromatic nitrogens is 4. The summed E-state index contributed by atoms with van der Waals surface area (Å²) in [4.78, 5) is 10.1. The van der Waals surface area contributed by atoms with Gasteiger partial charge in [0.15, 0.2) is 5.82 Å². The maximum Gasteiger partial charge on any atom is 0.160 e. The zero-order valence-corrected chi connectivity index (χ0v) is 37.4. The van der Waals surface area contributed by atoms with E-state index in [-0.39, 0.29) is 0 Å². The molecule has 0 unspecified atom stereocenters. The number of nitrogens with zero attached hydrogens (tertiary/aromatic N) is 4. The Hall–Kier alpha value is -8.34. The highest BCUT2D eigenvalue weighted by atomic mass is 15.0. The van der Waals surface area contributed by atoms with Gasteiger partial charge in [-0.25, -0.2) is 9.97 Å². The van der Waals surface area contributed by atoms with Crippen LogP contribution in [0, 0.1) is 27.7 Å². The Morgan fingerprint density at radius 2 is 0.818 bits per heavy atom. The Morgan fingerprint density at radius 1 is 0.318 bits per heavy atom. The second-order valence-corrected chi connectivity index (χ2v) is 17.7. The predicted octanol–water partition coefficient (Wildman–Crippen LogP) is 16.2. The third-order valence-electron chi connectivity index (χ3n) is 13.3. The first kappa shape index (κ1) is 39.3. The van der Waals surface area contributed by atoms with Crippen LogP contribution in [0.5, 0.6) is 0 Å². The van der Waals surface area contributed by atoms with Crippen LogP contribution in [-0.2, 0) is 0 Å². The lowest BCUT2D eigenvalue weighted by atomic mass is 9.95. The summed E-state index contributed by atoms with van der Waals surface area (Å²) >= 11 is 0. The van der Waals surface area contributed by atoms with Crippen LogP contribution >= 0.6 is 0 Å². The minimum atomic E-state index is 0.728. The molecule has 0 bridgehead atoms. The monoisotopic (exact) mass is 846 g/mol. The van der Waals surface area contributed by atoms with Gasteiger partial charge in [0.25, 0.3) is 0 Å². The molecule has 0 saturated carbocycles. The lowest BCUT2D eigenvalue weighted by Crippen LogP contribution is -1.99. The molecular formula is C62H46N4. The van der Waals surface area contributed by atoms with E-state index in [4.69, 9.17) is 9.97 Å². The lowest BCUT2D eigenvalue weighted by molar-refractivity contribution is 1.14. The summed E-state index contributed by atoms with van der Waals surface area (Å²) < 4.78 is 4.86. The number of hydrogen-bond donors (Lipinski definition) is 0. The summed E-state index contributed by atoms with van der Waals surface area (Å²) in [6.45, 7) is 8.70. The highest BCUT2D eigenvalue weighted by Crippen LogP contribution is 2.39. The molecule has 3 heterocycles. The van der Waals surface area contributed by atoms with Gasteiger partial charge in [0, 0.05) is 49.6 Å². The van der Waals surface area contributed by atoms with Crippen LogP contribution in [-0.4, -0.2) is 19.1 Å². The molecule has 0 aliphatic heterocycles. The quantitative estimate of drug-likeness (QED) is 0.160. The van der Waals surface area contributed by atoms with E-state index in [1.165, 1.54) is 88.2 Å². The van der Waals surface area contributed by atoms with E-state index in [1.54, 1.807) is 0 Å². The Balaban J connectivity index is 0.864. The standard InChI is InChI=1S/C62H46N4/c1-39-13-11-15-47(33-39)56-38-55(63-62(64-56)48-16-12-14-40(2)34-48)46-29-25-44(26-30-46)43-23-27-45(28-24-43)53-35-42(4)61(36-41(53)3)66-59-22-10-7-19-52(59)54-37-49(31-32-60(54)66)65-57-20-8-5-17-50(57)51-18-6-9-21-58(51)65/h5-38H,1-4H3. The van der Waals surface area contributed by atoms with Gasteiger partial charge in [-0.3, -0.25) is 0 Å². The molecular weight excluding hydrogens is 801 g/mol. The fourth-order valence-corrected chi connectivity index (χ4v) is 10.0. The second kappa shape index (κ2) is 15.7. The summed E-state index contributed by atoms with van der Waals surface area (Å²) in [5.41, 5.74) is 21.8. The van der Waals surface area contributed by atoms with Crippen LogP contribution in [0.4, 0.5) is 0 Å². The van der Waals surface area contributed by atoms with E-state index in [2.05, 4.69) is 243 Å². The van der Waals surface area contributed by atoms with Crippen LogP contribution in [0.3, 0.4) is 0 Å². The molecule has 9 aromatic carbocycles. The van der Waals surface area contributed by atoms with Crippen LogP contribution in [0.2, 0.25) is 0 Å². The molecule has 4 heteroatoms. The van der Waals surface area contributed by atoms with E-state index < -0.39 is 0 Å². The molecule has 4 nitrogen and oxygen atoms in total. The van der Waals surface area contributed by atoms with Crippen LogP contribution in [0.1, 0.15) is 22.3 Å². The summed E-state index contributed by atoms with van der Waals surface area (Å²) in [6.07, 6.45) is 0. The largest absolute Gasteiger partial charge is 0.309 e. The second-order valence-electron chi connectivity index (χ2n) is 17.7. The molecule has 0 aliphatic carbocycles. The van der Waals surface area contributed by atoms with Crippen molar-refractivity contribution in [2.75, 3.05) is 0 Å². The fourth-order valence-electron chi connectivity index (χ4n) is 10.0. The SMILES string of the molecule is Cc1cccc(-c2cc(-c3ccc(-c4ccc(-c5cc(C)c(-n6c7ccccc7c7cc(-n8c9ccccc9c9ccccc98)ccc76)cc5C)cc4)cc3)nc(-c3cccc(C)c3)n2)c1. The number of hydrogen-bond acceptors (Lipinski definition) is 2. The van der Waals surface area contributed by atoms with Crippen LogP contribution < -0.4 is 0 Å². The number of para-hydroxylation sites is 3. The molecule has 12 aromatic rings. The molecule has 0 fully saturated rings. The van der Waals surface area contributed by atoms with Gasteiger partial charge in [0.05, 0.1) is 33.5 Å². The van der Waals surface area contributed by atoms with E-state index in [1.807, 2.05) is 0 Å². The Labute approximate surface area is 384 Å². The van der Waals surface area contributed by atoms with Gasteiger partial charge in [-0.1, -0.05) is 151 Å². The van der Waals surface area contributed by atoms with Gasteiger partial charge >= 0.3 is 0 Å². The molecule has 0 amide bonds. The zero-order chi connectivity index (χ0) is 44.5. The van der Waals surface area contributed by atoms with Crippen LogP contribution in [0.25, 0.3) is 111 Å².